The molecule has 0 spiro atoms. The van der Waals surface area contributed by atoms with Crippen molar-refractivity contribution in [3.05, 3.63) is 59.7 Å². The minimum Gasteiger partial charge on any atom is -0.481 e. The molecule has 186 valence electrons. The number of amides is 2. The third-order valence-electron chi connectivity index (χ3n) is 6.89. The molecule has 1 heterocycles. The van der Waals surface area contributed by atoms with Gasteiger partial charge in [0, 0.05) is 37.5 Å². The minimum atomic E-state index is -0.882. The predicted molar refractivity (Wildman–Crippen MR) is 130 cm³/mol. The number of nitrogens with one attached hydrogen (secondary N) is 2. The largest absolute Gasteiger partial charge is 0.481 e. The van der Waals surface area contributed by atoms with E-state index in [4.69, 9.17) is 14.6 Å². The smallest absolute Gasteiger partial charge is 0.407 e. The zero-order chi connectivity index (χ0) is 24.8. The first kappa shape index (κ1) is 24.7. The monoisotopic (exact) mass is 480 g/mol. The summed E-state index contributed by atoms with van der Waals surface area (Å²) in [5.74, 6) is -1.78. The van der Waals surface area contributed by atoms with E-state index in [1.165, 1.54) is 11.1 Å². The zero-order valence-corrected chi connectivity index (χ0v) is 19.9. The Kier molecular flexibility index (Phi) is 8.02. The fraction of sp³-hybridized carbons (Fsp3) is 0.444. The maximum absolute atomic E-state index is 12.7. The highest BCUT2D eigenvalue weighted by Crippen LogP contribution is 2.44. The fourth-order valence-electron chi connectivity index (χ4n) is 4.84. The zero-order valence-electron chi connectivity index (χ0n) is 19.9. The Balaban J connectivity index is 1.29. The van der Waals surface area contributed by atoms with Crippen molar-refractivity contribution in [2.45, 2.75) is 38.1 Å². The quantitative estimate of drug-likeness (QED) is 0.506. The lowest BCUT2D eigenvalue weighted by atomic mass is 9.92. The van der Waals surface area contributed by atoms with Crippen LogP contribution in [0.3, 0.4) is 0 Å². The molecule has 4 rings (SSSR count). The molecule has 2 aromatic carbocycles. The van der Waals surface area contributed by atoms with Gasteiger partial charge in [0.25, 0.3) is 0 Å². The molecular weight excluding hydrogens is 448 g/mol. The minimum absolute atomic E-state index is 0.0161. The number of hydrogen-bond acceptors (Lipinski definition) is 5. The highest BCUT2D eigenvalue weighted by atomic mass is 16.5. The van der Waals surface area contributed by atoms with Gasteiger partial charge in [-0.2, -0.15) is 0 Å². The van der Waals surface area contributed by atoms with Crippen LogP contribution >= 0.6 is 0 Å². The van der Waals surface area contributed by atoms with Crippen molar-refractivity contribution in [2.24, 2.45) is 11.8 Å². The summed E-state index contributed by atoms with van der Waals surface area (Å²) in [6.07, 6.45) is 0.650. The maximum Gasteiger partial charge on any atom is 0.407 e. The van der Waals surface area contributed by atoms with Gasteiger partial charge in [0.1, 0.15) is 6.61 Å². The number of ether oxygens (including phenoxy) is 2. The Morgan fingerprint density at radius 1 is 1.09 bits per heavy atom. The van der Waals surface area contributed by atoms with Gasteiger partial charge in [0.15, 0.2) is 0 Å². The summed E-state index contributed by atoms with van der Waals surface area (Å²) in [7, 11) is 0. The van der Waals surface area contributed by atoms with Gasteiger partial charge >= 0.3 is 12.1 Å². The molecule has 8 heteroatoms. The van der Waals surface area contributed by atoms with Crippen molar-refractivity contribution in [2.75, 3.05) is 26.4 Å². The van der Waals surface area contributed by atoms with E-state index >= 15 is 0 Å². The lowest BCUT2D eigenvalue weighted by molar-refractivity contribution is -0.141. The van der Waals surface area contributed by atoms with Gasteiger partial charge in [0.2, 0.25) is 5.91 Å². The first-order valence-electron chi connectivity index (χ1n) is 12.1. The van der Waals surface area contributed by atoms with Crippen LogP contribution in [0.1, 0.15) is 43.2 Å². The molecule has 0 radical (unpaired) electrons. The van der Waals surface area contributed by atoms with Crippen LogP contribution in [0.2, 0.25) is 0 Å². The number of fused-ring (bicyclic) bond motifs is 3. The molecule has 2 aliphatic rings. The molecule has 1 aliphatic heterocycles. The molecular formula is C27H32N2O6. The number of aliphatic carboxylic acids is 1. The third kappa shape index (κ3) is 6.00. The van der Waals surface area contributed by atoms with E-state index < -0.39 is 18.0 Å². The van der Waals surface area contributed by atoms with Crippen LogP contribution in [0.4, 0.5) is 4.79 Å². The number of benzene rings is 2. The second-order valence-corrected chi connectivity index (χ2v) is 9.28. The predicted octanol–water partition coefficient (Wildman–Crippen LogP) is 3.55. The van der Waals surface area contributed by atoms with Crippen molar-refractivity contribution in [1.82, 2.24) is 10.6 Å². The lowest BCUT2D eigenvalue weighted by Crippen LogP contribution is -2.47. The summed E-state index contributed by atoms with van der Waals surface area (Å²) in [6.45, 7) is 3.01. The van der Waals surface area contributed by atoms with Crippen LogP contribution in [0, 0.1) is 11.8 Å². The maximum atomic E-state index is 12.7. The highest BCUT2D eigenvalue weighted by Gasteiger charge is 2.32. The molecule has 1 saturated heterocycles. The molecule has 3 atom stereocenters. The average Bonchev–Trinajstić information content (AvgIpc) is 3.17. The Labute approximate surface area is 205 Å². The van der Waals surface area contributed by atoms with Crippen molar-refractivity contribution >= 4 is 18.0 Å². The van der Waals surface area contributed by atoms with Crippen molar-refractivity contribution < 1.29 is 29.0 Å². The van der Waals surface area contributed by atoms with Crippen molar-refractivity contribution in [1.29, 1.82) is 0 Å². The van der Waals surface area contributed by atoms with Crippen LogP contribution in [0.15, 0.2) is 48.5 Å². The SMILES string of the molecule is CC(CCNC(=O)CC1COCCC1NC(=O)OCC1c2ccccc2-c2ccccc21)C(=O)O. The Morgan fingerprint density at radius 3 is 2.40 bits per heavy atom. The molecule has 2 amide bonds. The van der Waals surface area contributed by atoms with Crippen LogP contribution in [-0.4, -0.2) is 55.5 Å². The molecule has 0 aromatic heterocycles. The summed E-state index contributed by atoms with van der Waals surface area (Å²) in [5.41, 5.74) is 4.65. The Morgan fingerprint density at radius 2 is 1.74 bits per heavy atom. The first-order chi connectivity index (χ1) is 16.9. The van der Waals surface area contributed by atoms with E-state index in [2.05, 4.69) is 34.9 Å². The van der Waals surface area contributed by atoms with Gasteiger partial charge < -0.3 is 25.2 Å². The van der Waals surface area contributed by atoms with Gasteiger partial charge in [-0.25, -0.2) is 4.79 Å². The standard InChI is InChI=1S/C27H32N2O6/c1-17(26(31)32)10-12-28-25(30)14-18-15-34-13-11-24(18)29-27(33)35-16-23-21-8-4-2-6-19(21)20-7-3-5-9-22(20)23/h2-9,17-18,23-24H,10-16H2,1H3,(H,28,30)(H,29,33)(H,31,32). The third-order valence-corrected chi connectivity index (χ3v) is 6.89. The van der Waals surface area contributed by atoms with E-state index in [-0.39, 0.29) is 36.8 Å². The number of alkyl carbamates (subject to hydrolysis) is 1. The van der Waals surface area contributed by atoms with Gasteiger partial charge in [-0.3, -0.25) is 9.59 Å². The number of carbonyl (C=O) groups excluding carboxylic acids is 2. The number of rotatable bonds is 9. The number of carboxylic acids is 1. The fourth-order valence-corrected chi connectivity index (χ4v) is 4.84. The first-order valence-corrected chi connectivity index (χ1v) is 12.1. The highest BCUT2D eigenvalue weighted by molar-refractivity contribution is 5.79. The number of carboxylic acid groups (broad SMARTS) is 1. The van der Waals surface area contributed by atoms with Gasteiger partial charge in [-0.15, -0.1) is 0 Å². The molecule has 0 saturated carbocycles. The lowest BCUT2D eigenvalue weighted by Gasteiger charge is -2.31. The van der Waals surface area contributed by atoms with Crippen LogP contribution in [-0.2, 0) is 19.1 Å². The molecule has 2 aromatic rings. The molecule has 35 heavy (non-hydrogen) atoms. The number of hydrogen-bond donors (Lipinski definition) is 3. The molecule has 0 bridgehead atoms. The second kappa shape index (κ2) is 11.4. The van der Waals surface area contributed by atoms with E-state index in [0.29, 0.717) is 32.6 Å². The van der Waals surface area contributed by atoms with E-state index in [0.717, 1.165) is 11.1 Å². The number of carbonyl (C=O) groups is 3. The van der Waals surface area contributed by atoms with E-state index in [9.17, 15) is 14.4 Å². The summed E-state index contributed by atoms with van der Waals surface area (Å²) >= 11 is 0. The summed E-state index contributed by atoms with van der Waals surface area (Å²) in [4.78, 5) is 36.0. The molecule has 1 aliphatic carbocycles. The van der Waals surface area contributed by atoms with E-state index in [1.807, 2.05) is 24.3 Å². The molecule has 1 fully saturated rings. The summed E-state index contributed by atoms with van der Waals surface area (Å²) < 4.78 is 11.2. The summed E-state index contributed by atoms with van der Waals surface area (Å²) in [5, 5.41) is 14.7. The van der Waals surface area contributed by atoms with Crippen molar-refractivity contribution in [3.63, 3.8) is 0 Å². The van der Waals surface area contributed by atoms with Gasteiger partial charge in [-0.05, 0) is 35.1 Å². The van der Waals surface area contributed by atoms with Crippen LogP contribution < -0.4 is 10.6 Å². The Bertz CT molecular complexity index is 1030. The average molecular weight is 481 g/mol. The molecule has 3 N–H and O–H groups in total. The normalized spacial score (nSPS) is 19.8. The van der Waals surface area contributed by atoms with Gasteiger partial charge in [-0.1, -0.05) is 55.5 Å². The van der Waals surface area contributed by atoms with Crippen LogP contribution in [0.25, 0.3) is 11.1 Å². The van der Waals surface area contributed by atoms with Crippen LogP contribution in [0.5, 0.6) is 0 Å². The topological polar surface area (TPSA) is 114 Å². The molecule has 8 nitrogen and oxygen atoms in total. The Hall–Kier alpha value is -3.39. The summed E-state index contributed by atoms with van der Waals surface area (Å²) in [6, 6.07) is 16.1. The van der Waals surface area contributed by atoms with Gasteiger partial charge in [0.05, 0.1) is 12.5 Å². The molecule has 3 unspecified atom stereocenters. The van der Waals surface area contributed by atoms with Crippen molar-refractivity contribution in [3.8, 4) is 11.1 Å². The van der Waals surface area contributed by atoms with E-state index in [1.54, 1.807) is 6.92 Å². The second-order valence-electron chi connectivity index (χ2n) is 9.28.